The van der Waals surface area contributed by atoms with Gasteiger partial charge in [-0.25, -0.2) is 0 Å². The maximum absolute atomic E-state index is 10.1. The Morgan fingerprint density at radius 1 is 0.833 bits per heavy atom. The van der Waals surface area contributed by atoms with E-state index in [0.717, 1.165) is 10.8 Å². The zero-order chi connectivity index (χ0) is 12.5. The minimum atomic E-state index is 0.250. The quantitative estimate of drug-likeness (QED) is 0.782. The van der Waals surface area contributed by atoms with Crippen LogP contribution in [0.4, 0.5) is 0 Å². The van der Waals surface area contributed by atoms with E-state index in [-0.39, 0.29) is 11.5 Å². The molecule has 2 heteroatoms. The van der Waals surface area contributed by atoms with Crippen LogP contribution in [0.2, 0.25) is 0 Å². The van der Waals surface area contributed by atoms with Gasteiger partial charge < -0.3 is 10.2 Å². The van der Waals surface area contributed by atoms with Gasteiger partial charge in [-0.1, -0.05) is 37.5 Å². The average molecular weight is 242 g/mol. The van der Waals surface area contributed by atoms with Crippen molar-refractivity contribution in [3.05, 3.63) is 35.9 Å². The van der Waals surface area contributed by atoms with Gasteiger partial charge in [-0.15, -0.1) is 0 Å². The van der Waals surface area contributed by atoms with E-state index < -0.39 is 0 Å². The van der Waals surface area contributed by atoms with Crippen LogP contribution in [0.3, 0.4) is 0 Å². The number of fused-ring (bicyclic) bond motifs is 1. The molecule has 18 heavy (non-hydrogen) atoms. The number of hydrogen-bond acceptors (Lipinski definition) is 2. The van der Waals surface area contributed by atoms with Gasteiger partial charge >= 0.3 is 0 Å². The molecule has 0 atom stereocenters. The van der Waals surface area contributed by atoms with Crippen molar-refractivity contribution in [1.82, 2.24) is 0 Å². The van der Waals surface area contributed by atoms with E-state index in [0.29, 0.717) is 5.92 Å². The number of benzene rings is 2. The molecule has 0 aromatic heterocycles. The molecule has 0 spiro atoms. The van der Waals surface area contributed by atoms with Gasteiger partial charge in [-0.3, -0.25) is 0 Å². The van der Waals surface area contributed by atoms with Crippen molar-refractivity contribution in [1.29, 1.82) is 0 Å². The normalized spacial score (nSPS) is 17.1. The molecular weight excluding hydrogens is 224 g/mol. The molecule has 94 valence electrons. The van der Waals surface area contributed by atoms with Crippen LogP contribution in [-0.4, -0.2) is 10.2 Å². The van der Waals surface area contributed by atoms with Gasteiger partial charge in [0.25, 0.3) is 0 Å². The van der Waals surface area contributed by atoms with E-state index in [1.54, 1.807) is 18.2 Å². The molecule has 2 aromatic carbocycles. The lowest BCUT2D eigenvalue weighted by Crippen LogP contribution is -2.05. The molecule has 0 unspecified atom stereocenters. The van der Waals surface area contributed by atoms with Crippen LogP contribution in [0.1, 0.15) is 43.6 Å². The molecule has 0 radical (unpaired) electrons. The summed E-state index contributed by atoms with van der Waals surface area (Å²) in [6.45, 7) is 0. The Morgan fingerprint density at radius 3 is 2.39 bits per heavy atom. The highest BCUT2D eigenvalue weighted by Crippen LogP contribution is 2.41. The van der Waals surface area contributed by atoms with E-state index in [1.807, 2.05) is 12.1 Å². The van der Waals surface area contributed by atoms with Gasteiger partial charge in [0.05, 0.1) is 0 Å². The molecule has 0 heterocycles. The van der Waals surface area contributed by atoms with Gasteiger partial charge in [-0.2, -0.15) is 0 Å². The third-order valence-electron chi connectivity index (χ3n) is 4.07. The average Bonchev–Trinajstić information content (AvgIpc) is 2.41. The fourth-order valence-corrected chi connectivity index (χ4v) is 3.15. The van der Waals surface area contributed by atoms with Crippen molar-refractivity contribution in [3.8, 4) is 11.5 Å². The molecule has 0 amide bonds. The van der Waals surface area contributed by atoms with Gasteiger partial charge in [-0.05, 0) is 36.5 Å². The molecule has 2 aromatic rings. The molecule has 0 bridgehead atoms. The summed E-state index contributed by atoms with van der Waals surface area (Å²) < 4.78 is 0. The van der Waals surface area contributed by atoms with Gasteiger partial charge in [0.1, 0.15) is 11.5 Å². The van der Waals surface area contributed by atoms with Gasteiger partial charge in [0.15, 0.2) is 0 Å². The smallest absolute Gasteiger partial charge is 0.123 e. The molecule has 0 saturated heterocycles. The lowest BCUT2D eigenvalue weighted by molar-refractivity contribution is 0.441. The van der Waals surface area contributed by atoms with Crippen LogP contribution < -0.4 is 0 Å². The van der Waals surface area contributed by atoms with Crippen molar-refractivity contribution in [2.75, 3.05) is 0 Å². The molecule has 2 nitrogen and oxygen atoms in total. The summed E-state index contributed by atoms with van der Waals surface area (Å²) >= 11 is 0. The Hall–Kier alpha value is -1.70. The second kappa shape index (κ2) is 4.52. The van der Waals surface area contributed by atoms with Crippen LogP contribution in [-0.2, 0) is 0 Å². The number of hydrogen-bond donors (Lipinski definition) is 2. The second-order valence-corrected chi connectivity index (χ2v) is 5.21. The van der Waals surface area contributed by atoms with Crippen molar-refractivity contribution < 1.29 is 10.2 Å². The zero-order valence-corrected chi connectivity index (χ0v) is 10.4. The predicted octanol–water partition coefficient (Wildman–Crippen LogP) is 4.30. The summed E-state index contributed by atoms with van der Waals surface area (Å²) in [5, 5.41) is 21.6. The first-order valence-electron chi connectivity index (χ1n) is 6.71. The molecule has 3 rings (SSSR count). The van der Waals surface area contributed by atoms with Crippen LogP contribution in [0, 0.1) is 0 Å². The third kappa shape index (κ3) is 1.82. The summed E-state index contributed by atoms with van der Waals surface area (Å²) in [6.07, 6.45) is 6.22. The maximum atomic E-state index is 10.1. The monoisotopic (exact) mass is 242 g/mol. The molecule has 0 aliphatic heterocycles. The maximum Gasteiger partial charge on any atom is 0.123 e. The van der Waals surface area contributed by atoms with E-state index >= 15 is 0 Å². The van der Waals surface area contributed by atoms with E-state index in [4.69, 9.17) is 0 Å². The van der Waals surface area contributed by atoms with Gasteiger partial charge in [0.2, 0.25) is 0 Å². The Bertz CT molecular complexity index is 569. The van der Waals surface area contributed by atoms with E-state index in [2.05, 4.69) is 0 Å². The number of phenols is 2. The highest BCUT2D eigenvalue weighted by Gasteiger charge is 2.20. The molecule has 1 aliphatic rings. The van der Waals surface area contributed by atoms with Crippen molar-refractivity contribution in [2.24, 2.45) is 0 Å². The highest BCUT2D eigenvalue weighted by molar-refractivity contribution is 5.95. The lowest BCUT2D eigenvalue weighted by Gasteiger charge is -2.23. The first kappa shape index (κ1) is 11.4. The fraction of sp³-hybridized carbons (Fsp3) is 0.375. The largest absolute Gasteiger partial charge is 0.507 e. The summed E-state index contributed by atoms with van der Waals surface area (Å²) in [4.78, 5) is 0. The molecule has 2 N–H and O–H groups in total. The fourth-order valence-electron chi connectivity index (χ4n) is 3.15. The first-order chi connectivity index (χ1) is 8.77. The Morgan fingerprint density at radius 2 is 1.61 bits per heavy atom. The number of rotatable bonds is 1. The molecule has 1 fully saturated rings. The van der Waals surface area contributed by atoms with Crippen LogP contribution in [0.5, 0.6) is 11.5 Å². The Balaban J connectivity index is 2.19. The minimum Gasteiger partial charge on any atom is -0.507 e. The topological polar surface area (TPSA) is 40.5 Å². The highest BCUT2D eigenvalue weighted by atomic mass is 16.3. The summed E-state index contributed by atoms with van der Waals surface area (Å²) in [7, 11) is 0. The van der Waals surface area contributed by atoms with Crippen LogP contribution >= 0.6 is 0 Å². The van der Waals surface area contributed by atoms with E-state index in [9.17, 15) is 10.2 Å². The lowest BCUT2D eigenvalue weighted by atomic mass is 9.82. The van der Waals surface area contributed by atoms with E-state index in [1.165, 1.54) is 37.7 Å². The summed E-state index contributed by atoms with van der Waals surface area (Å²) in [5.74, 6) is 1.06. The van der Waals surface area contributed by atoms with Crippen molar-refractivity contribution in [2.45, 2.75) is 38.0 Å². The second-order valence-electron chi connectivity index (χ2n) is 5.21. The zero-order valence-electron chi connectivity index (χ0n) is 10.4. The SMILES string of the molecule is Oc1ccc(C2CCCCC2)c2c(O)cccc12. The molecular formula is C16H18O2. The van der Waals surface area contributed by atoms with Crippen molar-refractivity contribution >= 4 is 10.8 Å². The molecule has 1 saturated carbocycles. The summed E-state index contributed by atoms with van der Waals surface area (Å²) in [6, 6.07) is 9.09. The third-order valence-corrected chi connectivity index (χ3v) is 4.07. The standard InChI is InChI=1S/C16H18O2/c17-14-10-9-12(11-5-2-1-3-6-11)16-13(14)7-4-8-15(16)18/h4,7-11,17-18H,1-3,5-6H2. The number of aromatic hydroxyl groups is 2. The molecule has 1 aliphatic carbocycles. The van der Waals surface area contributed by atoms with Crippen molar-refractivity contribution in [3.63, 3.8) is 0 Å². The predicted molar refractivity (Wildman–Crippen MR) is 73.1 cm³/mol. The minimum absolute atomic E-state index is 0.250. The summed E-state index contributed by atoms with van der Waals surface area (Å²) in [5.41, 5.74) is 1.20. The Kier molecular flexibility index (Phi) is 2.86. The van der Waals surface area contributed by atoms with Crippen LogP contribution in [0.15, 0.2) is 30.3 Å². The first-order valence-corrected chi connectivity index (χ1v) is 6.71. The van der Waals surface area contributed by atoms with Gasteiger partial charge in [0, 0.05) is 10.8 Å². The van der Waals surface area contributed by atoms with Crippen LogP contribution in [0.25, 0.3) is 10.8 Å². The number of phenolic OH excluding ortho intramolecular Hbond substituents is 2. The Labute approximate surface area is 107 Å².